The van der Waals surface area contributed by atoms with Crippen molar-refractivity contribution >= 4 is 28.1 Å². The lowest BCUT2D eigenvalue weighted by Gasteiger charge is -2.10. The third-order valence-corrected chi connectivity index (χ3v) is 3.12. The summed E-state index contributed by atoms with van der Waals surface area (Å²) in [5, 5.41) is 7.02. The molecular weight excluding hydrogens is 288 g/mol. The van der Waals surface area contributed by atoms with Gasteiger partial charge in [-0.1, -0.05) is 0 Å². The molecule has 4 nitrogen and oxygen atoms in total. The molecule has 0 spiro atoms. The molecule has 2 heterocycles. The van der Waals surface area contributed by atoms with Gasteiger partial charge < -0.3 is 0 Å². The number of pyridine rings is 1. The molecule has 84 valence electrons. The van der Waals surface area contributed by atoms with E-state index in [0.29, 0.717) is 4.77 Å². The van der Waals surface area contributed by atoms with Crippen LogP contribution in [0.5, 0.6) is 0 Å². The Labute approximate surface area is 107 Å². The minimum atomic E-state index is 0.246. The van der Waals surface area contributed by atoms with Gasteiger partial charge in [0, 0.05) is 16.7 Å². The van der Waals surface area contributed by atoms with Gasteiger partial charge in [-0.05, 0) is 54.1 Å². The number of nitrogens with one attached hydrogen (secondary N) is 1. The second kappa shape index (κ2) is 4.47. The van der Waals surface area contributed by atoms with E-state index < -0.39 is 0 Å². The number of nitrogens with zero attached hydrogens (tertiary/aromatic N) is 3. The Kier molecular flexibility index (Phi) is 3.20. The highest BCUT2D eigenvalue weighted by Crippen LogP contribution is 2.25. The van der Waals surface area contributed by atoms with Crippen molar-refractivity contribution in [1.29, 1.82) is 0 Å². The number of hydrogen-bond donors (Lipinski definition) is 1. The maximum Gasteiger partial charge on any atom is 0.195 e. The van der Waals surface area contributed by atoms with E-state index in [4.69, 9.17) is 12.2 Å². The maximum absolute atomic E-state index is 5.19. The van der Waals surface area contributed by atoms with Crippen LogP contribution in [0.2, 0.25) is 0 Å². The smallest absolute Gasteiger partial charge is 0.195 e. The fourth-order valence-corrected chi connectivity index (χ4v) is 2.28. The number of aromatic amines is 1. The standard InChI is InChI=1S/C10H11BrN4S/c1-6(2)15-9(13-14-10(15)16)8-7(11)4-3-5-12-8/h3-6H,1-2H3,(H,14,16). The van der Waals surface area contributed by atoms with E-state index in [1.165, 1.54) is 0 Å². The highest BCUT2D eigenvalue weighted by molar-refractivity contribution is 9.10. The van der Waals surface area contributed by atoms with Gasteiger partial charge in [0.05, 0.1) is 0 Å². The Morgan fingerprint density at radius 2 is 2.25 bits per heavy atom. The molecule has 0 aliphatic heterocycles. The summed E-state index contributed by atoms with van der Waals surface area (Å²) in [6, 6.07) is 4.05. The molecule has 6 heteroatoms. The predicted molar refractivity (Wildman–Crippen MR) is 68.7 cm³/mol. The van der Waals surface area contributed by atoms with Crippen molar-refractivity contribution in [2.24, 2.45) is 0 Å². The number of halogens is 1. The van der Waals surface area contributed by atoms with Crippen LogP contribution in [0.4, 0.5) is 0 Å². The Balaban J connectivity index is 2.66. The minimum Gasteiger partial charge on any atom is -0.296 e. The van der Waals surface area contributed by atoms with Crippen LogP contribution in [0.3, 0.4) is 0 Å². The van der Waals surface area contributed by atoms with Gasteiger partial charge in [0.1, 0.15) is 5.69 Å². The summed E-state index contributed by atoms with van der Waals surface area (Å²) >= 11 is 8.66. The molecular formula is C10H11BrN4S. The molecule has 0 aliphatic rings. The third kappa shape index (κ3) is 1.94. The van der Waals surface area contributed by atoms with Gasteiger partial charge >= 0.3 is 0 Å². The molecule has 1 N–H and O–H groups in total. The monoisotopic (exact) mass is 298 g/mol. The van der Waals surface area contributed by atoms with Gasteiger partial charge in [-0.3, -0.25) is 14.6 Å². The van der Waals surface area contributed by atoms with E-state index in [1.54, 1.807) is 6.20 Å². The summed E-state index contributed by atoms with van der Waals surface area (Å²) < 4.78 is 3.47. The summed E-state index contributed by atoms with van der Waals surface area (Å²) in [5.41, 5.74) is 0.795. The van der Waals surface area contributed by atoms with Gasteiger partial charge in [-0.25, -0.2) is 0 Å². The molecule has 2 aromatic rings. The molecule has 0 saturated carbocycles. The minimum absolute atomic E-state index is 0.246. The van der Waals surface area contributed by atoms with Crippen LogP contribution in [0.25, 0.3) is 11.5 Å². The van der Waals surface area contributed by atoms with Gasteiger partial charge in [0.25, 0.3) is 0 Å². The van der Waals surface area contributed by atoms with E-state index in [2.05, 4.69) is 45.0 Å². The Hall–Kier alpha value is -1.01. The fraction of sp³-hybridized carbons (Fsp3) is 0.300. The highest BCUT2D eigenvalue weighted by atomic mass is 79.9. The molecule has 16 heavy (non-hydrogen) atoms. The number of aromatic nitrogens is 4. The van der Waals surface area contributed by atoms with Crippen molar-refractivity contribution in [1.82, 2.24) is 19.7 Å². The summed E-state index contributed by atoms with van der Waals surface area (Å²) in [7, 11) is 0. The topological polar surface area (TPSA) is 46.5 Å². The van der Waals surface area contributed by atoms with Crippen LogP contribution in [-0.4, -0.2) is 19.7 Å². The van der Waals surface area contributed by atoms with Gasteiger partial charge in [-0.2, -0.15) is 5.10 Å². The second-order valence-corrected chi connectivity index (χ2v) is 4.89. The lowest BCUT2D eigenvalue weighted by molar-refractivity contribution is 0.596. The first-order valence-corrected chi connectivity index (χ1v) is 6.09. The zero-order valence-corrected chi connectivity index (χ0v) is 11.3. The normalized spacial score (nSPS) is 11.0. The first-order valence-electron chi connectivity index (χ1n) is 4.89. The van der Waals surface area contributed by atoms with E-state index in [9.17, 15) is 0 Å². The summed E-state index contributed by atoms with van der Waals surface area (Å²) in [6.07, 6.45) is 1.74. The maximum atomic E-state index is 5.19. The molecule has 0 amide bonds. The zero-order valence-electron chi connectivity index (χ0n) is 8.94. The molecule has 2 aromatic heterocycles. The van der Waals surface area contributed by atoms with E-state index in [-0.39, 0.29) is 6.04 Å². The molecule has 0 aromatic carbocycles. The molecule has 0 fully saturated rings. The second-order valence-electron chi connectivity index (χ2n) is 3.65. The van der Waals surface area contributed by atoms with Crippen LogP contribution in [0, 0.1) is 4.77 Å². The van der Waals surface area contributed by atoms with Crippen LogP contribution < -0.4 is 0 Å². The number of H-pyrrole nitrogens is 1. The van der Waals surface area contributed by atoms with Crippen molar-refractivity contribution in [3.63, 3.8) is 0 Å². The zero-order chi connectivity index (χ0) is 11.7. The van der Waals surface area contributed by atoms with Crippen molar-refractivity contribution in [3.05, 3.63) is 27.6 Å². The van der Waals surface area contributed by atoms with Gasteiger partial charge in [0.15, 0.2) is 10.6 Å². The summed E-state index contributed by atoms with van der Waals surface area (Å²) in [4.78, 5) is 4.31. The number of hydrogen-bond acceptors (Lipinski definition) is 3. The SMILES string of the molecule is CC(C)n1c(-c2ncccc2Br)n[nH]c1=S. The van der Waals surface area contributed by atoms with Gasteiger partial charge in [-0.15, -0.1) is 0 Å². The lowest BCUT2D eigenvalue weighted by Crippen LogP contribution is -2.04. The van der Waals surface area contributed by atoms with E-state index in [0.717, 1.165) is 16.0 Å². The van der Waals surface area contributed by atoms with Crippen LogP contribution >= 0.6 is 28.1 Å². The third-order valence-electron chi connectivity index (χ3n) is 2.19. The average molecular weight is 299 g/mol. The van der Waals surface area contributed by atoms with E-state index in [1.807, 2.05) is 16.7 Å². The molecule has 0 atom stereocenters. The Bertz CT molecular complexity index is 558. The van der Waals surface area contributed by atoms with Crippen LogP contribution in [0.1, 0.15) is 19.9 Å². The molecule has 0 radical (unpaired) electrons. The van der Waals surface area contributed by atoms with Crippen LogP contribution in [0.15, 0.2) is 22.8 Å². The molecule has 0 bridgehead atoms. The molecule has 0 saturated heterocycles. The van der Waals surface area contributed by atoms with Gasteiger partial charge in [0.2, 0.25) is 0 Å². The highest BCUT2D eigenvalue weighted by Gasteiger charge is 2.14. The predicted octanol–water partition coefficient (Wildman–Crippen LogP) is 3.35. The van der Waals surface area contributed by atoms with Crippen LogP contribution in [-0.2, 0) is 0 Å². The summed E-state index contributed by atoms with van der Waals surface area (Å²) in [5.74, 6) is 0.757. The first kappa shape index (κ1) is 11.5. The largest absolute Gasteiger partial charge is 0.296 e. The molecule has 0 unspecified atom stereocenters. The lowest BCUT2D eigenvalue weighted by atomic mass is 10.3. The van der Waals surface area contributed by atoms with Crippen molar-refractivity contribution in [2.45, 2.75) is 19.9 Å². The Morgan fingerprint density at radius 3 is 2.88 bits per heavy atom. The average Bonchev–Trinajstić information content (AvgIpc) is 2.61. The quantitative estimate of drug-likeness (QED) is 0.865. The number of rotatable bonds is 2. The Morgan fingerprint density at radius 1 is 1.50 bits per heavy atom. The van der Waals surface area contributed by atoms with Crippen molar-refractivity contribution in [3.8, 4) is 11.5 Å². The molecule has 2 rings (SSSR count). The van der Waals surface area contributed by atoms with E-state index >= 15 is 0 Å². The van der Waals surface area contributed by atoms with Crippen molar-refractivity contribution < 1.29 is 0 Å². The summed E-state index contributed by atoms with van der Waals surface area (Å²) in [6.45, 7) is 4.12. The molecule has 0 aliphatic carbocycles. The first-order chi connectivity index (χ1) is 7.61. The van der Waals surface area contributed by atoms with Crippen molar-refractivity contribution in [2.75, 3.05) is 0 Å². The fourth-order valence-electron chi connectivity index (χ4n) is 1.50.